The molecule has 1 heterocycles. The van der Waals surface area contributed by atoms with E-state index in [-0.39, 0.29) is 12.0 Å². The van der Waals surface area contributed by atoms with Crippen molar-refractivity contribution in [2.75, 3.05) is 0 Å². The number of nitrogens with zero attached hydrogens (tertiary/aromatic N) is 2. The van der Waals surface area contributed by atoms with Gasteiger partial charge in [-0.1, -0.05) is 13.3 Å². The number of aromatic carboxylic acids is 1. The second kappa shape index (κ2) is 5.85. The molecule has 7 heteroatoms. The minimum absolute atomic E-state index is 0.00523. The predicted octanol–water partition coefficient (Wildman–Crippen LogP) is 2.65. The largest absolute Gasteiger partial charge is 0.477 e. The van der Waals surface area contributed by atoms with Gasteiger partial charge in [-0.2, -0.15) is 0 Å². The number of aromatic nitrogens is 1. The fraction of sp³-hybridized carbons (Fsp3) is 0.538. The number of ether oxygens (including phenoxy) is 1. The van der Waals surface area contributed by atoms with Crippen molar-refractivity contribution in [3.8, 4) is 5.88 Å². The Morgan fingerprint density at radius 1 is 1.55 bits per heavy atom. The van der Waals surface area contributed by atoms with Crippen molar-refractivity contribution in [2.45, 2.75) is 38.7 Å². The Labute approximate surface area is 115 Å². The second-order valence-corrected chi connectivity index (χ2v) is 5.11. The summed E-state index contributed by atoms with van der Waals surface area (Å²) in [6.07, 6.45) is 4.94. The summed E-state index contributed by atoms with van der Waals surface area (Å²) in [5, 5.41) is 19.7. The molecule has 2 unspecified atom stereocenters. The number of rotatable bonds is 4. The van der Waals surface area contributed by atoms with Crippen LogP contribution in [0.3, 0.4) is 0 Å². The lowest BCUT2D eigenvalue weighted by Crippen LogP contribution is -2.24. The molecule has 1 aliphatic rings. The van der Waals surface area contributed by atoms with Crippen molar-refractivity contribution in [3.63, 3.8) is 0 Å². The van der Waals surface area contributed by atoms with Crippen LogP contribution < -0.4 is 4.74 Å². The maximum Gasteiger partial charge on any atom is 0.342 e. The van der Waals surface area contributed by atoms with Crippen molar-refractivity contribution >= 4 is 11.7 Å². The minimum atomic E-state index is -1.36. The smallest absolute Gasteiger partial charge is 0.342 e. The minimum Gasteiger partial charge on any atom is -0.477 e. The molecule has 0 bridgehead atoms. The van der Waals surface area contributed by atoms with Gasteiger partial charge in [0.1, 0.15) is 17.9 Å². The number of carboxylic acids is 1. The summed E-state index contributed by atoms with van der Waals surface area (Å²) in [6, 6.07) is 1.12. The Bertz CT molecular complexity index is 531. The Morgan fingerprint density at radius 3 is 2.90 bits per heavy atom. The van der Waals surface area contributed by atoms with Crippen LogP contribution in [0.1, 0.15) is 43.0 Å². The normalized spacial score (nSPS) is 22.2. The lowest BCUT2D eigenvalue weighted by atomic mass is 9.89. The van der Waals surface area contributed by atoms with Gasteiger partial charge in [0, 0.05) is 6.07 Å². The van der Waals surface area contributed by atoms with E-state index in [2.05, 4.69) is 11.9 Å². The van der Waals surface area contributed by atoms with Crippen molar-refractivity contribution in [1.29, 1.82) is 0 Å². The van der Waals surface area contributed by atoms with Gasteiger partial charge in [0.05, 0.1) is 4.92 Å². The number of hydrogen-bond acceptors (Lipinski definition) is 5. The first-order valence-corrected chi connectivity index (χ1v) is 6.51. The van der Waals surface area contributed by atoms with E-state index in [1.165, 1.54) is 0 Å². The molecule has 1 aliphatic carbocycles. The molecular weight excluding hydrogens is 264 g/mol. The van der Waals surface area contributed by atoms with Gasteiger partial charge in [0.2, 0.25) is 5.88 Å². The van der Waals surface area contributed by atoms with Crippen LogP contribution in [0, 0.1) is 16.0 Å². The summed E-state index contributed by atoms with van der Waals surface area (Å²) in [5.41, 5.74) is -0.925. The van der Waals surface area contributed by atoms with Crippen LogP contribution >= 0.6 is 0 Å². The molecule has 0 aromatic carbocycles. The summed E-state index contributed by atoms with van der Waals surface area (Å²) in [5.74, 6) is -0.668. The van der Waals surface area contributed by atoms with Crippen LogP contribution in [0.25, 0.3) is 0 Å². The third-order valence-corrected chi connectivity index (χ3v) is 3.46. The molecule has 0 saturated heterocycles. The van der Waals surface area contributed by atoms with E-state index in [9.17, 15) is 14.9 Å². The van der Waals surface area contributed by atoms with Crippen LogP contribution in [-0.2, 0) is 0 Å². The third-order valence-electron chi connectivity index (χ3n) is 3.46. The summed E-state index contributed by atoms with van der Waals surface area (Å²) in [6.45, 7) is 2.14. The SMILES string of the molecule is CC1CCCC(Oc2cc(C(=O)O)c([N+](=O)[O-])cn2)C1. The second-order valence-electron chi connectivity index (χ2n) is 5.11. The van der Waals surface area contributed by atoms with Crippen molar-refractivity contribution in [2.24, 2.45) is 5.92 Å². The Morgan fingerprint density at radius 2 is 2.30 bits per heavy atom. The average Bonchev–Trinajstić information content (AvgIpc) is 2.38. The molecule has 108 valence electrons. The molecular formula is C13H16N2O5. The fourth-order valence-electron chi connectivity index (χ4n) is 2.47. The zero-order valence-electron chi connectivity index (χ0n) is 11.1. The summed E-state index contributed by atoms with van der Waals surface area (Å²) in [4.78, 5) is 24.8. The average molecular weight is 280 g/mol. The van der Waals surface area contributed by atoms with Crippen LogP contribution in [0.2, 0.25) is 0 Å². The van der Waals surface area contributed by atoms with Gasteiger partial charge in [0.15, 0.2) is 0 Å². The lowest BCUT2D eigenvalue weighted by Gasteiger charge is -2.26. The highest BCUT2D eigenvalue weighted by Crippen LogP contribution is 2.28. The standard InChI is InChI=1S/C13H16N2O5/c1-8-3-2-4-9(5-8)20-12-6-10(13(16)17)11(7-14-12)15(18)19/h6-9H,2-5H2,1H3,(H,16,17). The van der Waals surface area contributed by atoms with E-state index in [0.717, 1.165) is 37.9 Å². The number of hydrogen-bond donors (Lipinski definition) is 1. The van der Waals surface area contributed by atoms with Gasteiger partial charge in [-0.3, -0.25) is 10.1 Å². The number of nitro groups is 1. The first-order chi connectivity index (χ1) is 9.47. The third kappa shape index (κ3) is 3.23. The Kier molecular flexibility index (Phi) is 4.16. The Hall–Kier alpha value is -2.18. The maximum absolute atomic E-state index is 11.0. The van der Waals surface area contributed by atoms with Crippen molar-refractivity contribution in [3.05, 3.63) is 27.9 Å². The van der Waals surface area contributed by atoms with Gasteiger partial charge < -0.3 is 9.84 Å². The van der Waals surface area contributed by atoms with Gasteiger partial charge in [-0.25, -0.2) is 9.78 Å². The van der Waals surface area contributed by atoms with Crippen LogP contribution in [0.4, 0.5) is 5.69 Å². The predicted molar refractivity (Wildman–Crippen MR) is 69.9 cm³/mol. The lowest BCUT2D eigenvalue weighted by molar-refractivity contribution is -0.385. The molecule has 1 aromatic rings. The molecule has 1 aromatic heterocycles. The molecule has 1 saturated carbocycles. The Balaban J connectivity index is 2.18. The van der Waals surface area contributed by atoms with E-state index >= 15 is 0 Å². The number of carboxylic acid groups (broad SMARTS) is 1. The molecule has 2 rings (SSSR count). The van der Waals surface area contributed by atoms with Crippen LogP contribution in [0.15, 0.2) is 12.3 Å². The topological polar surface area (TPSA) is 103 Å². The van der Waals surface area contributed by atoms with Gasteiger partial charge in [-0.15, -0.1) is 0 Å². The quantitative estimate of drug-likeness (QED) is 0.671. The zero-order chi connectivity index (χ0) is 14.7. The van der Waals surface area contributed by atoms with Gasteiger partial charge in [0.25, 0.3) is 0 Å². The molecule has 0 aliphatic heterocycles. The highest BCUT2D eigenvalue weighted by Gasteiger charge is 2.24. The highest BCUT2D eigenvalue weighted by atomic mass is 16.6. The van der Waals surface area contributed by atoms with E-state index in [1.807, 2.05) is 0 Å². The summed E-state index contributed by atoms with van der Waals surface area (Å²) >= 11 is 0. The maximum atomic E-state index is 11.0. The van der Waals surface area contributed by atoms with E-state index in [1.54, 1.807) is 0 Å². The number of carbonyl (C=O) groups is 1. The number of pyridine rings is 1. The molecule has 0 spiro atoms. The van der Waals surface area contributed by atoms with E-state index in [4.69, 9.17) is 9.84 Å². The molecule has 20 heavy (non-hydrogen) atoms. The van der Waals surface area contributed by atoms with Crippen molar-refractivity contribution < 1.29 is 19.6 Å². The van der Waals surface area contributed by atoms with E-state index < -0.39 is 22.1 Å². The van der Waals surface area contributed by atoms with Crippen LogP contribution in [0.5, 0.6) is 5.88 Å². The van der Waals surface area contributed by atoms with Crippen LogP contribution in [-0.4, -0.2) is 27.1 Å². The molecule has 0 radical (unpaired) electrons. The monoisotopic (exact) mass is 280 g/mol. The summed E-state index contributed by atoms with van der Waals surface area (Å²) in [7, 11) is 0. The highest BCUT2D eigenvalue weighted by molar-refractivity contribution is 5.92. The zero-order valence-corrected chi connectivity index (χ0v) is 11.1. The molecule has 1 N–H and O–H groups in total. The van der Waals surface area contributed by atoms with Crippen molar-refractivity contribution in [1.82, 2.24) is 4.98 Å². The van der Waals surface area contributed by atoms with E-state index in [0.29, 0.717) is 5.92 Å². The first-order valence-electron chi connectivity index (χ1n) is 6.51. The first kappa shape index (κ1) is 14.2. The molecule has 0 amide bonds. The molecule has 7 nitrogen and oxygen atoms in total. The fourth-order valence-corrected chi connectivity index (χ4v) is 2.47. The van der Waals surface area contributed by atoms with Gasteiger partial charge >= 0.3 is 11.7 Å². The summed E-state index contributed by atoms with van der Waals surface area (Å²) < 4.78 is 5.65. The van der Waals surface area contributed by atoms with Gasteiger partial charge in [-0.05, 0) is 25.2 Å². The molecule has 1 fully saturated rings. The molecule has 2 atom stereocenters.